The van der Waals surface area contributed by atoms with Crippen molar-refractivity contribution in [1.29, 1.82) is 0 Å². The summed E-state index contributed by atoms with van der Waals surface area (Å²) in [5.74, 6) is 0. The lowest BCUT2D eigenvalue weighted by Gasteiger charge is -2.57. The zero-order valence-corrected chi connectivity index (χ0v) is 9.09. The molecule has 80 valence electrons. The molecule has 15 heavy (non-hydrogen) atoms. The lowest BCUT2D eigenvalue weighted by atomic mass is 9.67. The van der Waals surface area contributed by atoms with Gasteiger partial charge in [-0.2, -0.15) is 0 Å². The second kappa shape index (κ2) is 3.40. The minimum atomic E-state index is 0.320. The summed E-state index contributed by atoms with van der Waals surface area (Å²) in [6, 6.07) is 0.573. The zero-order valence-electron chi connectivity index (χ0n) is 8.33. The van der Waals surface area contributed by atoms with Gasteiger partial charge in [0.25, 0.3) is 0 Å². The van der Waals surface area contributed by atoms with Gasteiger partial charge in [0.1, 0.15) is 0 Å². The molecule has 3 rings (SSSR count). The van der Waals surface area contributed by atoms with Crippen LogP contribution in [0.3, 0.4) is 0 Å². The first kappa shape index (κ1) is 9.51. The zero-order chi connectivity index (χ0) is 10.3. The standard InChI is InChI=1S/C10H13ClN4/c11-9-13-2-7(3-14-9)1-8-10(6-15-8)4-12-5-10/h2-3,8,12,15H,1,4-6H2. The first-order valence-corrected chi connectivity index (χ1v) is 5.57. The van der Waals surface area contributed by atoms with E-state index in [1.807, 2.05) is 12.4 Å². The molecule has 1 unspecified atom stereocenters. The van der Waals surface area contributed by atoms with E-state index in [0.29, 0.717) is 16.7 Å². The molecule has 2 aliphatic heterocycles. The Morgan fingerprint density at radius 1 is 1.33 bits per heavy atom. The monoisotopic (exact) mass is 224 g/mol. The van der Waals surface area contributed by atoms with Gasteiger partial charge in [0.05, 0.1) is 0 Å². The summed E-state index contributed by atoms with van der Waals surface area (Å²) in [7, 11) is 0. The Hall–Kier alpha value is -0.710. The molecule has 0 saturated carbocycles. The maximum Gasteiger partial charge on any atom is 0.222 e. The molecule has 4 nitrogen and oxygen atoms in total. The summed E-state index contributed by atoms with van der Waals surface area (Å²) >= 11 is 5.64. The minimum Gasteiger partial charge on any atom is -0.315 e. The smallest absolute Gasteiger partial charge is 0.222 e. The maximum atomic E-state index is 5.64. The van der Waals surface area contributed by atoms with E-state index in [-0.39, 0.29) is 0 Å². The number of hydrogen-bond acceptors (Lipinski definition) is 4. The quantitative estimate of drug-likeness (QED) is 0.707. The summed E-state index contributed by atoms with van der Waals surface area (Å²) in [6.07, 6.45) is 4.63. The second-order valence-electron chi connectivity index (χ2n) is 4.46. The van der Waals surface area contributed by atoms with Gasteiger partial charge in [0.15, 0.2) is 0 Å². The van der Waals surface area contributed by atoms with E-state index in [9.17, 15) is 0 Å². The summed E-state index contributed by atoms with van der Waals surface area (Å²) in [6.45, 7) is 3.41. The van der Waals surface area contributed by atoms with Crippen LogP contribution in [0.5, 0.6) is 0 Å². The minimum absolute atomic E-state index is 0.320. The Balaban J connectivity index is 1.68. The predicted molar refractivity (Wildman–Crippen MR) is 57.8 cm³/mol. The van der Waals surface area contributed by atoms with Crippen LogP contribution in [-0.2, 0) is 6.42 Å². The van der Waals surface area contributed by atoms with Crippen molar-refractivity contribution in [2.75, 3.05) is 19.6 Å². The highest BCUT2D eigenvalue weighted by atomic mass is 35.5. The predicted octanol–water partition coefficient (Wildman–Crippen LogP) is 0.234. The Labute approximate surface area is 93.5 Å². The van der Waals surface area contributed by atoms with E-state index in [4.69, 9.17) is 11.6 Å². The van der Waals surface area contributed by atoms with Crippen molar-refractivity contribution in [3.63, 3.8) is 0 Å². The molecular weight excluding hydrogens is 212 g/mol. The van der Waals surface area contributed by atoms with Crippen LogP contribution in [0.25, 0.3) is 0 Å². The summed E-state index contributed by atoms with van der Waals surface area (Å²) in [5, 5.41) is 7.13. The maximum absolute atomic E-state index is 5.64. The molecule has 2 fully saturated rings. The Morgan fingerprint density at radius 2 is 2.07 bits per heavy atom. The van der Waals surface area contributed by atoms with Crippen LogP contribution in [0.1, 0.15) is 5.56 Å². The van der Waals surface area contributed by atoms with Gasteiger partial charge < -0.3 is 10.6 Å². The normalized spacial score (nSPS) is 27.1. The van der Waals surface area contributed by atoms with E-state index < -0.39 is 0 Å². The fraction of sp³-hybridized carbons (Fsp3) is 0.600. The molecule has 0 amide bonds. The van der Waals surface area contributed by atoms with Gasteiger partial charge in [-0.25, -0.2) is 9.97 Å². The van der Waals surface area contributed by atoms with Gasteiger partial charge in [-0.05, 0) is 23.6 Å². The highest BCUT2D eigenvalue weighted by Crippen LogP contribution is 2.35. The Kier molecular flexibility index (Phi) is 2.16. The fourth-order valence-electron chi connectivity index (χ4n) is 2.32. The highest BCUT2D eigenvalue weighted by Gasteiger charge is 2.50. The molecular formula is C10H13ClN4. The van der Waals surface area contributed by atoms with Gasteiger partial charge in [0, 0.05) is 43.5 Å². The molecule has 0 bridgehead atoms. The molecule has 2 aliphatic rings. The number of rotatable bonds is 2. The van der Waals surface area contributed by atoms with Crippen molar-refractivity contribution in [2.45, 2.75) is 12.5 Å². The average molecular weight is 225 g/mol. The number of hydrogen-bond donors (Lipinski definition) is 2. The average Bonchev–Trinajstić information content (AvgIpc) is 2.13. The SMILES string of the molecule is Clc1ncc(CC2NCC23CNC3)cn1. The van der Waals surface area contributed by atoms with Crippen LogP contribution in [0.4, 0.5) is 0 Å². The van der Waals surface area contributed by atoms with E-state index in [1.54, 1.807) is 0 Å². The number of nitrogens with zero attached hydrogens (tertiary/aromatic N) is 2. The van der Waals surface area contributed by atoms with Crippen molar-refractivity contribution in [1.82, 2.24) is 20.6 Å². The van der Waals surface area contributed by atoms with Crippen LogP contribution in [-0.4, -0.2) is 35.6 Å². The number of nitrogens with one attached hydrogen (secondary N) is 2. The summed E-state index contributed by atoms with van der Waals surface area (Å²) < 4.78 is 0. The molecule has 1 spiro atoms. The molecule has 0 aromatic carbocycles. The molecule has 2 N–H and O–H groups in total. The molecule has 1 aromatic heterocycles. The first-order chi connectivity index (χ1) is 7.28. The van der Waals surface area contributed by atoms with Crippen molar-refractivity contribution in [3.8, 4) is 0 Å². The molecule has 1 aromatic rings. The van der Waals surface area contributed by atoms with Crippen LogP contribution >= 0.6 is 11.6 Å². The van der Waals surface area contributed by atoms with Gasteiger partial charge in [-0.3, -0.25) is 0 Å². The van der Waals surface area contributed by atoms with Crippen molar-refractivity contribution in [3.05, 3.63) is 23.2 Å². The van der Waals surface area contributed by atoms with Crippen molar-refractivity contribution in [2.24, 2.45) is 5.41 Å². The second-order valence-corrected chi connectivity index (χ2v) is 4.80. The summed E-state index contributed by atoms with van der Waals surface area (Å²) in [4.78, 5) is 7.99. The number of aromatic nitrogens is 2. The van der Waals surface area contributed by atoms with Gasteiger partial charge >= 0.3 is 0 Å². The van der Waals surface area contributed by atoms with Crippen LogP contribution < -0.4 is 10.6 Å². The van der Waals surface area contributed by atoms with Crippen LogP contribution in [0.15, 0.2) is 12.4 Å². The summed E-state index contributed by atoms with van der Waals surface area (Å²) in [5.41, 5.74) is 1.66. The molecule has 0 aliphatic carbocycles. The third kappa shape index (κ3) is 1.53. The van der Waals surface area contributed by atoms with Gasteiger partial charge in [0.2, 0.25) is 5.28 Å². The first-order valence-electron chi connectivity index (χ1n) is 5.19. The Morgan fingerprint density at radius 3 is 2.53 bits per heavy atom. The Bertz CT molecular complexity index is 355. The third-order valence-corrected chi connectivity index (χ3v) is 3.70. The van der Waals surface area contributed by atoms with Gasteiger partial charge in [-0.1, -0.05) is 0 Å². The molecule has 3 heterocycles. The topological polar surface area (TPSA) is 49.8 Å². The van der Waals surface area contributed by atoms with E-state index >= 15 is 0 Å². The van der Waals surface area contributed by atoms with Crippen LogP contribution in [0.2, 0.25) is 5.28 Å². The molecule has 2 saturated heterocycles. The van der Waals surface area contributed by atoms with E-state index in [2.05, 4.69) is 20.6 Å². The van der Waals surface area contributed by atoms with Crippen molar-refractivity contribution < 1.29 is 0 Å². The lowest BCUT2D eigenvalue weighted by Crippen LogP contribution is -2.76. The largest absolute Gasteiger partial charge is 0.315 e. The molecule has 5 heteroatoms. The van der Waals surface area contributed by atoms with E-state index in [1.165, 1.54) is 0 Å². The van der Waals surface area contributed by atoms with Crippen molar-refractivity contribution >= 4 is 11.6 Å². The fourth-order valence-corrected chi connectivity index (χ4v) is 2.42. The highest BCUT2D eigenvalue weighted by molar-refractivity contribution is 6.28. The lowest BCUT2D eigenvalue weighted by molar-refractivity contribution is 0.0220. The molecule has 0 radical (unpaired) electrons. The van der Waals surface area contributed by atoms with E-state index in [0.717, 1.165) is 31.6 Å². The van der Waals surface area contributed by atoms with Crippen LogP contribution in [0, 0.1) is 5.41 Å². The number of halogens is 1. The third-order valence-electron chi connectivity index (χ3n) is 3.51. The molecule has 1 atom stereocenters. The van der Waals surface area contributed by atoms with Gasteiger partial charge in [-0.15, -0.1) is 0 Å².